The van der Waals surface area contributed by atoms with Crippen LogP contribution in [0, 0.1) is 0 Å². The number of hydrogen-bond acceptors (Lipinski definition) is 3. The molecule has 0 fully saturated rings. The van der Waals surface area contributed by atoms with E-state index in [2.05, 4.69) is 24.4 Å². The monoisotopic (exact) mass is 273 g/mol. The van der Waals surface area contributed by atoms with Crippen LogP contribution >= 0.6 is 0 Å². The van der Waals surface area contributed by atoms with Crippen LogP contribution < -0.4 is 10.1 Å². The SMILES string of the molecule is CCCOc1ccc(C(CCc2ccco2)NC)cc1. The van der Waals surface area contributed by atoms with Gasteiger partial charge in [0.05, 0.1) is 12.9 Å². The minimum Gasteiger partial charge on any atom is -0.494 e. The molecule has 1 atom stereocenters. The van der Waals surface area contributed by atoms with Crippen LogP contribution in [0.25, 0.3) is 0 Å². The van der Waals surface area contributed by atoms with Gasteiger partial charge in [0, 0.05) is 12.5 Å². The van der Waals surface area contributed by atoms with Crippen LogP contribution in [-0.2, 0) is 6.42 Å². The Kier molecular flexibility index (Phi) is 5.69. The second kappa shape index (κ2) is 7.75. The van der Waals surface area contributed by atoms with E-state index in [1.807, 2.05) is 31.3 Å². The van der Waals surface area contributed by atoms with Crippen molar-refractivity contribution in [2.75, 3.05) is 13.7 Å². The lowest BCUT2D eigenvalue weighted by Gasteiger charge is -2.16. The summed E-state index contributed by atoms with van der Waals surface area (Å²) in [5.41, 5.74) is 1.28. The lowest BCUT2D eigenvalue weighted by Crippen LogP contribution is -2.17. The van der Waals surface area contributed by atoms with Crippen molar-refractivity contribution in [1.82, 2.24) is 5.32 Å². The highest BCUT2D eigenvalue weighted by atomic mass is 16.5. The molecule has 1 N–H and O–H groups in total. The third-order valence-electron chi connectivity index (χ3n) is 3.36. The number of hydrogen-bond donors (Lipinski definition) is 1. The first-order valence-corrected chi connectivity index (χ1v) is 7.26. The van der Waals surface area contributed by atoms with Crippen molar-refractivity contribution in [3.8, 4) is 5.75 Å². The van der Waals surface area contributed by atoms with E-state index in [1.165, 1.54) is 5.56 Å². The summed E-state index contributed by atoms with van der Waals surface area (Å²) in [6.45, 7) is 2.88. The Labute approximate surface area is 121 Å². The van der Waals surface area contributed by atoms with E-state index in [1.54, 1.807) is 6.26 Å². The molecule has 0 bridgehead atoms. The van der Waals surface area contributed by atoms with Gasteiger partial charge in [0.1, 0.15) is 11.5 Å². The first-order valence-electron chi connectivity index (χ1n) is 7.26. The largest absolute Gasteiger partial charge is 0.494 e. The Hall–Kier alpha value is -1.74. The number of rotatable bonds is 8. The Morgan fingerprint density at radius 2 is 2.00 bits per heavy atom. The third kappa shape index (κ3) is 4.14. The summed E-state index contributed by atoms with van der Waals surface area (Å²) in [5, 5.41) is 3.36. The lowest BCUT2D eigenvalue weighted by molar-refractivity contribution is 0.317. The number of benzene rings is 1. The maximum atomic E-state index is 5.61. The molecule has 108 valence electrons. The fourth-order valence-electron chi connectivity index (χ4n) is 2.24. The molecule has 1 aromatic heterocycles. The van der Waals surface area contributed by atoms with E-state index in [-0.39, 0.29) is 0 Å². The van der Waals surface area contributed by atoms with Gasteiger partial charge in [0.25, 0.3) is 0 Å². The summed E-state index contributed by atoms with van der Waals surface area (Å²) in [6, 6.07) is 12.6. The maximum absolute atomic E-state index is 5.61. The summed E-state index contributed by atoms with van der Waals surface area (Å²) >= 11 is 0. The zero-order valence-corrected chi connectivity index (χ0v) is 12.3. The van der Waals surface area contributed by atoms with Gasteiger partial charge in [-0.15, -0.1) is 0 Å². The third-order valence-corrected chi connectivity index (χ3v) is 3.36. The van der Waals surface area contributed by atoms with E-state index in [0.29, 0.717) is 6.04 Å². The first kappa shape index (κ1) is 14.7. The molecule has 0 aliphatic heterocycles. The number of ether oxygens (including phenoxy) is 1. The molecule has 2 rings (SSSR count). The molecule has 1 heterocycles. The van der Waals surface area contributed by atoms with Gasteiger partial charge in [-0.1, -0.05) is 19.1 Å². The van der Waals surface area contributed by atoms with Gasteiger partial charge in [-0.05, 0) is 49.7 Å². The van der Waals surface area contributed by atoms with Gasteiger partial charge in [-0.2, -0.15) is 0 Å². The van der Waals surface area contributed by atoms with Gasteiger partial charge in [0.15, 0.2) is 0 Å². The predicted molar refractivity (Wildman–Crippen MR) is 81.1 cm³/mol. The molecule has 0 saturated carbocycles. The molecule has 1 unspecified atom stereocenters. The average molecular weight is 273 g/mol. The van der Waals surface area contributed by atoms with E-state index >= 15 is 0 Å². The second-order valence-corrected chi connectivity index (χ2v) is 4.88. The van der Waals surface area contributed by atoms with Crippen molar-refractivity contribution >= 4 is 0 Å². The second-order valence-electron chi connectivity index (χ2n) is 4.88. The Morgan fingerprint density at radius 1 is 1.20 bits per heavy atom. The summed E-state index contributed by atoms with van der Waals surface area (Å²) < 4.78 is 11.0. The van der Waals surface area contributed by atoms with Crippen LogP contribution in [0.15, 0.2) is 47.1 Å². The molecule has 3 nitrogen and oxygen atoms in total. The van der Waals surface area contributed by atoms with Crippen LogP contribution in [0.2, 0.25) is 0 Å². The zero-order chi connectivity index (χ0) is 14.2. The molecule has 20 heavy (non-hydrogen) atoms. The van der Waals surface area contributed by atoms with Crippen molar-refractivity contribution in [3.63, 3.8) is 0 Å². The minimum absolute atomic E-state index is 0.334. The normalized spacial score (nSPS) is 12.3. The number of nitrogens with one attached hydrogen (secondary N) is 1. The smallest absolute Gasteiger partial charge is 0.119 e. The van der Waals surface area contributed by atoms with E-state index in [4.69, 9.17) is 9.15 Å². The molecular formula is C17H23NO2. The topological polar surface area (TPSA) is 34.4 Å². The molecule has 3 heteroatoms. The Balaban J connectivity index is 1.92. The summed E-state index contributed by atoms with van der Waals surface area (Å²) in [5.74, 6) is 1.98. The Bertz CT molecular complexity index is 476. The molecule has 0 amide bonds. The highest BCUT2D eigenvalue weighted by Crippen LogP contribution is 2.22. The van der Waals surface area contributed by atoms with Crippen LogP contribution in [0.1, 0.15) is 37.1 Å². The minimum atomic E-state index is 0.334. The van der Waals surface area contributed by atoms with Crippen LogP contribution in [0.4, 0.5) is 0 Å². The average Bonchev–Trinajstić information content (AvgIpc) is 3.00. The van der Waals surface area contributed by atoms with Crippen LogP contribution in [-0.4, -0.2) is 13.7 Å². The van der Waals surface area contributed by atoms with Gasteiger partial charge in [-0.3, -0.25) is 0 Å². The molecule has 1 aromatic carbocycles. The molecular weight excluding hydrogens is 250 g/mol. The summed E-state index contributed by atoms with van der Waals surface area (Å²) in [4.78, 5) is 0. The molecule has 0 saturated heterocycles. The first-order chi connectivity index (χ1) is 9.83. The van der Waals surface area contributed by atoms with E-state index in [0.717, 1.165) is 37.4 Å². The Morgan fingerprint density at radius 3 is 2.60 bits per heavy atom. The van der Waals surface area contributed by atoms with Crippen molar-refractivity contribution < 1.29 is 9.15 Å². The predicted octanol–water partition coefficient (Wildman–Crippen LogP) is 3.96. The lowest BCUT2D eigenvalue weighted by atomic mass is 10.0. The van der Waals surface area contributed by atoms with Gasteiger partial charge >= 0.3 is 0 Å². The van der Waals surface area contributed by atoms with Crippen molar-refractivity contribution in [2.45, 2.75) is 32.2 Å². The van der Waals surface area contributed by atoms with E-state index < -0.39 is 0 Å². The van der Waals surface area contributed by atoms with Gasteiger partial charge < -0.3 is 14.5 Å². The molecule has 0 spiro atoms. The summed E-state index contributed by atoms with van der Waals surface area (Å²) in [6.07, 6.45) is 4.71. The van der Waals surface area contributed by atoms with Crippen LogP contribution in [0.5, 0.6) is 5.75 Å². The molecule has 0 radical (unpaired) electrons. The zero-order valence-electron chi connectivity index (χ0n) is 12.3. The van der Waals surface area contributed by atoms with Crippen LogP contribution in [0.3, 0.4) is 0 Å². The standard InChI is InChI=1S/C17H23NO2/c1-3-12-19-16-8-6-14(7-9-16)17(18-2)11-10-15-5-4-13-20-15/h4-9,13,17-18H,3,10-12H2,1-2H3. The van der Waals surface area contributed by atoms with E-state index in [9.17, 15) is 0 Å². The molecule has 0 aliphatic carbocycles. The van der Waals surface area contributed by atoms with Gasteiger partial charge in [0.2, 0.25) is 0 Å². The number of furan rings is 1. The van der Waals surface area contributed by atoms with Crippen molar-refractivity contribution in [1.29, 1.82) is 0 Å². The van der Waals surface area contributed by atoms with Crippen molar-refractivity contribution in [3.05, 3.63) is 54.0 Å². The fraction of sp³-hybridized carbons (Fsp3) is 0.412. The quantitative estimate of drug-likeness (QED) is 0.790. The highest BCUT2D eigenvalue weighted by Gasteiger charge is 2.10. The van der Waals surface area contributed by atoms with Gasteiger partial charge in [-0.25, -0.2) is 0 Å². The molecule has 0 aliphatic rings. The maximum Gasteiger partial charge on any atom is 0.119 e. The summed E-state index contributed by atoms with van der Waals surface area (Å²) in [7, 11) is 1.99. The number of aryl methyl sites for hydroxylation is 1. The fourth-order valence-corrected chi connectivity index (χ4v) is 2.24. The highest BCUT2D eigenvalue weighted by molar-refractivity contribution is 5.29. The van der Waals surface area contributed by atoms with Crippen molar-refractivity contribution in [2.24, 2.45) is 0 Å². The molecule has 2 aromatic rings.